The highest BCUT2D eigenvalue weighted by Gasteiger charge is 2.29. The van der Waals surface area contributed by atoms with Gasteiger partial charge in [-0.25, -0.2) is 4.98 Å². The number of nitrogens with zero attached hydrogens (tertiary/aromatic N) is 4. The van der Waals surface area contributed by atoms with E-state index in [2.05, 4.69) is 4.98 Å². The number of anilines is 1. The summed E-state index contributed by atoms with van der Waals surface area (Å²) in [4.78, 5) is 36.1. The summed E-state index contributed by atoms with van der Waals surface area (Å²) in [6, 6.07) is 12.1. The van der Waals surface area contributed by atoms with Crippen LogP contribution in [0.4, 0.5) is 5.95 Å². The lowest BCUT2D eigenvalue weighted by Crippen LogP contribution is -2.48. The Morgan fingerprint density at radius 3 is 2.60 bits per heavy atom. The van der Waals surface area contributed by atoms with Crippen molar-refractivity contribution >= 4 is 11.7 Å². The molecule has 1 aliphatic heterocycles. The number of hydrogen-bond acceptors (Lipinski definition) is 7. The van der Waals surface area contributed by atoms with Crippen LogP contribution < -0.4 is 15.2 Å². The van der Waals surface area contributed by atoms with Crippen LogP contribution in [0.1, 0.15) is 10.4 Å². The Balaban J connectivity index is 1.60. The molecular weight excluding hydrogens is 384 g/mol. The number of methoxy groups -OCH3 is 1. The predicted octanol–water partition coefficient (Wildman–Crippen LogP) is 1.94. The van der Waals surface area contributed by atoms with E-state index in [1.807, 2.05) is 4.90 Å². The van der Waals surface area contributed by atoms with Crippen molar-refractivity contribution in [1.29, 1.82) is 0 Å². The minimum atomic E-state index is -0.645. The Kier molecular flexibility index (Phi) is 5.58. The van der Waals surface area contributed by atoms with Crippen LogP contribution in [-0.4, -0.2) is 53.2 Å². The summed E-state index contributed by atoms with van der Waals surface area (Å²) < 4.78 is 12.4. The Hall–Kier alpha value is -3.52. The normalized spacial score (nSPS) is 16.3. The second-order valence-corrected chi connectivity index (χ2v) is 6.97. The predicted molar refractivity (Wildman–Crippen MR) is 112 cm³/mol. The number of aromatic nitrogens is 3. The summed E-state index contributed by atoms with van der Waals surface area (Å²) in [5.41, 5.74) is 1.76. The maximum atomic E-state index is 12.9. The molecule has 0 radical (unpaired) electrons. The fourth-order valence-electron chi connectivity index (χ4n) is 3.41. The van der Waals surface area contributed by atoms with Gasteiger partial charge in [-0.1, -0.05) is 0 Å². The molecule has 1 atom stereocenters. The number of benzene rings is 1. The Morgan fingerprint density at radius 2 is 1.90 bits per heavy atom. The van der Waals surface area contributed by atoms with Gasteiger partial charge in [0.2, 0.25) is 5.95 Å². The Morgan fingerprint density at radius 1 is 1.17 bits per heavy atom. The summed E-state index contributed by atoms with van der Waals surface area (Å²) in [7, 11) is 3.26. The minimum absolute atomic E-state index is 0.113. The highest BCUT2D eigenvalue weighted by Crippen LogP contribution is 2.21. The van der Waals surface area contributed by atoms with Crippen LogP contribution in [0.15, 0.2) is 59.7 Å². The van der Waals surface area contributed by atoms with Gasteiger partial charge in [0, 0.05) is 43.2 Å². The van der Waals surface area contributed by atoms with Crippen molar-refractivity contribution in [3.63, 3.8) is 0 Å². The lowest BCUT2D eigenvalue weighted by Gasteiger charge is -2.33. The SMILES string of the molecule is COc1ccc(C(=O)C2CN(c3nc(-c4ccncc4)cc(=O)n3C)CCO2)cc1. The number of carbonyl (C=O) groups excluding carboxylic acids is 1. The van der Waals surface area contributed by atoms with E-state index in [0.717, 1.165) is 5.56 Å². The van der Waals surface area contributed by atoms with Crippen LogP contribution in [0.3, 0.4) is 0 Å². The van der Waals surface area contributed by atoms with Gasteiger partial charge < -0.3 is 14.4 Å². The van der Waals surface area contributed by atoms with Gasteiger partial charge in [-0.05, 0) is 36.4 Å². The number of pyridine rings is 1. The zero-order chi connectivity index (χ0) is 21.1. The fourth-order valence-corrected chi connectivity index (χ4v) is 3.41. The van der Waals surface area contributed by atoms with Crippen molar-refractivity contribution in [2.75, 3.05) is 31.7 Å². The molecule has 1 aromatic carbocycles. The van der Waals surface area contributed by atoms with Gasteiger partial charge >= 0.3 is 0 Å². The van der Waals surface area contributed by atoms with E-state index in [1.165, 1.54) is 10.6 Å². The molecule has 3 heterocycles. The smallest absolute Gasteiger partial charge is 0.255 e. The van der Waals surface area contributed by atoms with Gasteiger partial charge in [0.15, 0.2) is 5.78 Å². The van der Waals surface area contributed by atoms with Crippen LogP contribution in [-0.2, 0) is 11.8 Å². The molecule has 0 N–H and O–H groups in total. The lowest BCUT2D eigenvalue weighted by molar-refractivity contribution is 0.0337. The highest BCUT2D eigenvalue weighted by atomic mass is 16.5. The number of ketones is 1. The van der Waals surface area contributed by atoms with Gasteiger partial charge in [0.1, 0.15) is 11.9 Å². The quantitative estimate of drug-likeness (QED) is 0.599. The summed E-state index contributed by atoms with van der Waals surface area (Å²) in [6.45, 7) is 1.21. The monoisotopic (exact) mass is 406 g/mol. The number of Topliss-reactive ketones (excluding diaryl/α,β-unsaturated/α-hetero) is 1. The maximum Gasteiger partial charge on any atom is 0.255 e. The van der Waals surface area contributed by atoms with E-state index >= 15 is 0 Å². The van der Waals surface area contributed by atoms with Gasteiger partial charge in [-0.2, -0.15) is 0 Å². The molecule has 0 saturated carbocycles. The lowest BCUT2D eigenvalue weighted by atomic mass is 10.0. The third kappa shape index (κ3) is 3.95. The largest absolute Gasteiger partial charge is 0.497 e. The molecule has 2 aromatic heterocycles. The van der Waals surface area contributed by atoms with Crippen LogP contribution in [0, 0.1) is 0 Å². The van der Waals surface area contributed by atoms with Crippen LogP contribution >= 0.6 is 0 Å². The number of carbonyl (C=O) groups is 1. The van der Waals surface area contributed by atoms with Crippen molar-refractivity contribution in [3.05, 3.63) is 70.8 Å². The first-order chi connectivity index (χ1) is 14.6. The summed E-state index contributed by atoms with van der Waals surface area (Å²) in [5.74, 6) is 1.08. The first-order valence-corrected chi connectivity index (χ1v) is 9.60. The van der Waals surface area contributed by atoms with Crippen LogP contribution in [0.2, 0.25) is 0 Å². The summed E-state index contributed by atoms with van der Waals surface area (Å²) in [5, 5.41) is 0. The van der Waals surface area contributed by atoms with E-state index in [1.54, 1.807) is 62.9 Å². The van der Waals surface area contributed by atoms with E-state index in [-0.39, 0.29) is 11.3 Å². The highest BCUT2D eigenvalue weighted by molar-refractivity contribution is 6.00. The molecule has 0 bridgehead atoms. The molecule has 154 valence electrons. The molecule has 8 heteroatoms. The topological polar surface area (TPSA) is 86.5 Å². The molecule has 0 aliphatic carbocycles. The van der Waals surface area contributed by atoms with Gasteiger partial charge in [-0.3, -0.25) is 19.1 Å². The number of morpholine rings is 1. The molecule has 30 heavy (non-hydrogen) atoms. The molecule has 0 spiro atoms. The average molecular weight is 406 g/mol. The fraction of sp³-hybridized carbons (Fsp3) is 0.273. The van der Waals surface area contributed by atoms with Crippen LogP contribution in [0.25, 0.3) is 11.3 Å². The zero-order valence-electron chi connectivity index (χ0n) is 16.8. The zero-order valence-corrected chi connectivity index (χ0v) is 16.8. The van der Waals surface area contributed by atoms with E-state index in [0.29, 0.717) is 42.7 Å². The molecule has 1 aliphatic rings. The van der Waals surface area contributed by atoms with E-state index < -0.39 is 6.10 Å². The second-order valence-electron chi connectivity index (χ2n) is 6.97. The molecular formula is C22H22N4O4. The van der Waals surface area contributed by atoms with Crippen molar-refractivity contribution < 1.29 is 14.3 Å². The summed E-state index contributed by atoms with van der Waals surface area (Å²) >= 11 is 0. The number of rotatable bonds is 5. The third-order valence-corrected chi connectivity index (χ3v) is 5.10. The van der Waals surface area contributed by atoms with Crippen molar-refractivity contribution in [1.82, 2.24) is 14.5 Å². The molecule has 1 unspecified atom stereocenters. The molecule has 4 rings (SSSR count). The third-order valence-electron chi connectivity index (χ3n) is 5.10. The maximum absolute atomic E-state index is 12.9. The minimum Gasteiger partial charge on any atom is -0.497 e. The second kappa shape index (κ2) is 8.46. The van der Waals surface area contributed by atoms with Crippen molar-refractivity contribution in [2.45, 2.75) is 6.10 Å². The van der Waals surface area contributed by atoms with Crippen molar-refractivity contribution in [2.24, 2.45) is 7.05 Å². The summed E-state index contributed by atoms with van der Waals surface area (Å²) in [6.07, 6.45) is 2.67. The molecule has 3 aromatic rings. The Labute approximate surface area is 173 Å². The van der Waals surface area contributed by atoms with Crippen molar-refractivity contribution in [3.8, 4) is 17.0 Å². The molecule has 0 amide bonds. The molecule has 8 nitrogen and oxygen atoms in total. The first kappa shape index (κ1) is 19.8. The first-order valence-electron chi connectivity index (χ1n) is 9.60. The Bertz CT molecular complexity index is 1100. The van der Waals surface area contributed by atoms with Gasteiger partial charge in [-0.15, -0.1) is 0 Å². The van der Waals surface area contributed by atoms with E-state index in [9.17, 15) is 9.59 Å². The molecule has 1 saturated heterocycles. The van der Waals surface area contributed by atoms with Crippen LogP contribution in [0.5, 0.6) is 5.75 Å². The van der Waals surface area contributed by atoms with Gasteiger partial charge in [0.25, 0.3) is 5.56 Å². The van der Waals surface area contributed by atoms with E-state index in [4.69, 9.17) is 14.5 Å². The number of ether oxygens (including phenoxy) is 2. The van der Waals surface area contributed by atoms with Gasteiger partial charge in [0.05, 0.1) is 26.0 Å². The molecule has 1 fully saturated rings. The number of hydrogen-bond donors (Lipinski definition) is 0. The average Bonchev–Trinajstić information content (AvgIpc) is 2.81. The standard InChI is InChI=1S/C22H22N4O4/c1-25-20(27)13-18(15-7-9-23-10-8-15)24-22(25)26-11-12-30-19(14-26)21(28)16-3-5-17(29-2)6-4-16/h3-10,13,19H,11-12,14H2,1-2H3.